The second-order valence-corrected chi connectivity index (χ2v) is 4.67. The molecule has 0 aliphatic carbocycles. The SMILES string of the molecule is Cc1cc(Br)ccc1NC(=O)c1ccc(N)nn1. The molecule has 1 aromatic carbocycles. The molecule has 0 radical (unpaired) electrons. The van der Waals surface area contributed by atoms with Crippen LogP contribution in [-0.2, 0) is 0 Å². The highest BCUT2D eigenvalue weighted by atomic mass is 79.9. The molecule has 18 heavy (non-hydrogen) atoms. The Hall–Kier alpha value is -1.95. The van der Waals surface area contributed by atoms with E-state index in [0.717, 1.165) is 15.7 Å². The van der Waals surface area contributed by atoms with Crippen LogP contribution in [0, 0.1) is 6.92 Å². The van der Waals surface area contributed by atoms with Crippen molar-refractivity contribution in [2.24, 2.45) is 0 Å². The van der Waals surface area contributed by atoms with Crippen LogP contribution in [0.5, 0.6) is 0 Å². The molecular weight excluding hydrogens is 296 g/mol. The number of nitrogens with zero attached hydrogens (tertiary/aromatic N) is 2. The highest BCUT2D eigenvalue weighted by molar-refractivity contribution is 9.10. The van der Waals surface area contributed by atoms with Gasteiger partial charge in [0, 0.05) is 10.2 Å². The lowest BCUT2D eigenvalue weighted by Crippen LogP contribution is -2.15. The van der Waals surface area contributed by atoms with E-state index in [4.69, 9.17) is 5.73 Å². The molecule has 3 N–H and O–H groups in total. The summed E-state index contributed by atoms with van der Waals surface area (Å²) in [5.74, 6) is -0.0284. The standard InChI is InChI=1S/C12H11BrN4O/c1-7-6-8(13)2-3-9(7)15-12(18)10-4-5-11(14)17-16-10/h2-6H,1H3,(H2,14,17)(H,15,18). The Morgan fingerprint density at radius 3 is 2.67 bits per heavy atom. The van der Waals surface area contributed by atoms with Crippen LogP contribution in [0.15, 0.2) is 34.8 Å². The quantitative estimate of drug-likeness (QED) is 0.892. The number of nitrogens with one attached hydrogen (secondary N) is 1. The summed E-state index contributed by atoms with van der Waals surface area (Å²) >= 11 is 3.37. The lowest BCUT2D eigenvalue weighted by molar-refractivity contribution is 0.102. The molecule has 6 heteroatoms. The summed E-state index contributed by atoms with van der Waals surface area (Å²) in [5, 5.41) is 10.1. The van der Waals surface area contributed by atoms with Crippen LogP contribution >= 0.6 is 15.9 Å². The Labute approximate surface area is 113 Å². The van der Waals surface area contributed by atoms with Gasteiger partial charge >= 0.3 is 0 Å². The van der Waals surface area contributed by atoms with Crippen LogP contribution in [0.2, 0.25) is 0 Å². The van der Waals surface area contributed by atoms with Gasteiger partial charge in [-0.3, -0.25) is 4.79 Å². The molecule has 0 atom stereocenters. The first-order chi connectivity index (χ1) is 8.56. The molecule has 0 aliphatic rings. The fourth-order valence-electron chi connectivity index (χ4n) is 1.42. The number of hydrogen-bond acceptors (Lipinski definition) is 4. The van der Waals surface area contributed by atoms with Crippen molar-refractivity contribution in [1.29, 1.82) is 0 Å². The summed E-state index contributed by atoms with van der Waals surface area (Å²) in [7, 11) is 0. The number of anilines is 2. The van der Waals surface area contributed by atoms with Gasteiger partial charge in [-0.05, 0) is 42.8 Å². The normalized spacial score (nSPS) is 10.1. The molecule has 0 bridgehead atoms. The minimum atomic E-state index is -0.312. The summed E-state index contributed by atoms with van der Waals surface area (Å²) < 4.78 is 0.963. The lowest BCUT2D eigenvalue weighted by Gasteiger charge is -2.07. The van der Waals surface area contributed by atoms with Crippen LogP contribution in [0.1, 0.15) is 16.1 Å². The van der Waals surface area contributed by atoms with Crippen molar-refractivity contribution in [3.05, 3.63) is 46.1 Å². The number of carbonyl (C=O) groups excluding carboxylic acids is 1. The van der Waals surface area contributed by atoms with Gasteiger partial charge in [-0.1, -0.05) is 15.9 Å². The highest BCUT2D eigenvalue weighted by Crippen LogP contribution is 2.20. The van der Waals surface area contributed by atoms with Gasteiger partial charge in [0.1, 0.15) is 5.82 Å². The Morgan fingerprint density at radius 1 is 1.28 bits per heavy atom. The van der Waals surface area contributed by atoms with Crippen molar-refractivity contribution >= 4 is 33.3 Å². The maximum atomic E-state index is 11.9. The van der Waals surface area contributed by atoms with E-state index in [2.05, 4.69) is 31.4 Å². The van der Waals surface area contributed by atoms with Crippen LogP contribution in [0.4, 0.5) is 11.5 Å². The minimum Gasteiger partial charge on any atom is -0.382 e. The number of hydrogen-bond donors (Lipinski definition) is 2. The average molecular weight is 307 g/mol. The predicted molar refractivity (Wildman–Crippen MR) is 73.3 cm³/mol. The van der Waals surface area contributed by atoms with Crippen molar-refractivity contribution in [3.8, 4) is 0 Å². The topological polar surface area (TPSA) is 80.9 Å². The molecule has 1 aromatic heterocycles. The number of carbonyl (C=O) groups is 1. The van der Waals surface area contributed by atoms with Crippen molar-refractivity contribution in [2.75, 3.05) is 11.1 Å². The molecule has 0 fully saturated rings. The predicted octanol–water partition coefficient (Wildman–Crippen LogP) is 2.38. The zero-order chi connectivity index (χ0) is 13.1. The van der Waals surface area contributed by atoms with E-state index in [1.54, 1.807) is 0 Å². The smallest absolute Gasteiger partial charge is 0.276 e. The Morgan fingerprint density at radius 2 is 2.06 bits per heavy atom. The number of nitrogens with two attached hydrogens (primary N) is 1. The fourth-order valence-corrected chi connectivity index (χ4v) is 1.89. The number of benzene rings is 1. The molecule has 2 rings (SSSR count). The highest BCUT2D eigenvalue weighted by Gasteiger charge is 2.09. The molecule has 0 spiro atoms. The van der Waals surface area contributed by atoms with Crippen LogP contribution in [0.3, 0.4) is 0 Å². The number of nitrogen functional groups attached to an aromatic ring is 1. The summed E-state index contributed by atoms with van der Waals surface area (Å²) in [6, 6.07) is 8.67. The first-order valence-electron chi connectivity index (χ1n) is 5.23. The molecule has 1 heterocycles. The average Bonchev–Trinajstić information content (AvgIpc) is 2.33. The molecule has 0 saturated carbocycles. The molecule has 0 aliphatic heterocycles. The zero-order valence-electron chi connectivity index (χ0n) is 9.64. The van der Waals surface area contributed by atoms with Gasteiger partial charge in [0.25, 0.3) is 5.91 Å². The van der Waals surface area contributed by atoms with E-state index in [-0.39, 0.29) is 17.4 Å². The first-order valence-corrected chi connectivity index (χ1v) is 6.02. The van der Waals surface area contributed by atoms with E-state index < -0.39 is 0 Å². The molecule has 92 valence electrons. The van der Waals surface area contributed by atoms with Crippen LogP contribution in [-0.4, -0.2) is 16.1 Å². The monoisotopic (exact) mass is 306 g/mol. The van der Waals surface area contributed by atoms with Crippen LogP contribution in [0.25, 0.3) is 0 Å². The lowest BCUT2D eigenvalue weighted by atomic mass is 10.2. The van der Waals surface area contributed by atoms with Gasteiger partial charge in [0.05, 0.1) is 0 Å². The van der Waals surface area contributed by atoms with E-state index in [1.165, 1.54) is 12.1 Å². The molecule has 1 amide bonds. The molecule has 0 unspecified atom stereocenters. The number of amides is 1. The van der Waals surface area contributed by atoms with Crippen LogP contribution < -0.4 is 11.1 Å². The van der Waals surface area contributed by atoms with E-state index in [0.29, 0.717) is 0 Å². The van der Waals surface area contributed by atoms with Crippen molar-refractivity contribution < 1.29 is 4.79 Å². The minimum absolute atomic E-state index is 0.228. The molecular formula is C12H11BrN4O. The third kappa shape index (κ3) is 2.84. The van der Waals surface area contributed by atoms with E-state index in [9.17, 15) is 4.79 Å². The Kier molecular flexibility index (Phi) is 3.57. The zero-order valence-corrected chi connectivity index (χ0v) is 11.2. The van der Waals surface area contributed by atoms with Crippen molar-refractivity contribution in [3.63, 3.8) is 0 Å². The van der Waals surface area contributed by atoms with Gasteiger partial charge in [-0.25, -0.2) is 0 Å². The number of rotatable bonds is 2. The number of halogens is 1. The summed E-state index contributed by atoms with van der Waals surface area (Å²) in [4.78, 5) is 11.9. The largest absolute Gasteiger partial charge is 0.382 e. The third-order valence-electron chi connectivity index (χ3n) is 2.35. The van der Waals surface area contributed by atoms with Crippen molar-refractivity contribution in [1.82, 2.24) is 10.2 Å². The number of aryl methyl sites for hydroxylation is 1. The maximum absolute atomic E-state index is 11.9. The second kappa shape index (κ2) is 5.14. The van der Waals surface area contributed by atoms with Crippen molar-refractivity contribution in [2.45, 2.75) is 6.92 Å². The van der Waals surface area contributed by atoms with Gasteiger partial charge in [0.15, 0.2) is 5.69 Å². The van der Waals surface area contributed by atoms with Gasteiger partial charge in [0.2, 0.25) is 0 Å². The van der Waals surface area contributed by atoms with Gasteiger partial charge in [-0.2, -0.15) is 0 Å². The second-order valence-electron chi connectivity index (χ2n) is 3.76. The van der Waals surface area contributed by atoms with E-state index in [1.807, 2.05) is 25.1 Å². The fraction of sp³-hybridized carbons (Fsp3) is 0.0833. The molecule has 0 saturated heterocycles. The van der Waals surface area contributed by atoms with E-state index >= 15 is 0 Å². The third-order valence-corrected chi connectivity index (χ3v) is 2.85. The molecule has 2 aromatic rings. The van der Waals surface area contributed by atoms with Gasteiger partial charge < -0.3 is 11.1 Å². The Balaban J connectivity index is 2.18. The summed E-state index contributed by atoms with van der Waals surface area (Å²) in [5.41, 5.74) is 7.34. The summed E-state index contributed by atoms with van der Waals surface area (Å²) in [6.07, 6.45) is 0. The summed E-state index contributed by atoms with van der Waals surface area (Å²) in [6.45, 7) is 1.91. The Bertz CT molecular complexity index is 583. The van der Waals surface area contributed by atoms with Gasteiger partial charge in [-0.15, -0.1) is 10.2 Å². The maximum Gasteiger partial charge on any atom is 0.276 e. The molecule has 5 nitrogen and oxygen atoms in total. The number of aromatic nitrogens is 2. The first kappa shape index (κ1) is 12.5.